The topological polar surface area (TPSA) is 32.6 Å². The van der Waals surface area contributed by atoms with Gasteiger partial charge in [-0.2, -0.15) is 0 Å². The highest BCUT2D eigenvalue weighted by atomic mass is 16.3. The standard InChI is InChI=1S/C18H15NO/c20-17-10-8-14(9-11-17)12-19-13-16-6-3-5-15-4-1-2-7-18(15)16/h1-12,20H,13H2. The number of aliphatic imine (C=N–C) groups is 1. The molecule has 1 N–H and O–H groups in total. The molecule has 0 aliphatic heterocycles. The Morgan fingerprint density at radius 2 is 1.60 bits per heavy atom. The van der Waals surface area contributed by atoms with Crippen molar-refractivity contribution in [3.63, 3.8) is 0 Å². The van der Waals surface area contributed by atoms with Crippen molar-refractivity contribution in [2.45, 2.75) is 6.54 Å². The molecule has 2 heteroatoms. The molecule has 0 bridgehead atoms. The van der Waals surface area contributed by atoms with Crippen molar-refractivity contribution in [2.24, 2.45) is 4.99 Å². The number of aromatic hydroxyl groups is 1. The molecule has 0 unspecified atom stereocenters. The molecule has 3 rings (SSSR count). The maximum atomic E-state index is 9.23. The minimum atomic E-state index is 0.274. The molecule has 0 atom stereocenters. The largest absolute Gasteiger partial charge is 0.508 e. The third-order valence-corrected chi connectivity index (χ3v) is 3.28. The van der Waals surface area contributed by atoms with Crippen molar-refractivity contribution in [3.8, 4) is 5.75 Å². The maximum Gasteiger partial charge on any atom is 0.115 e. The van der Waals surface area contributed by atoms with Crippen molar-refractivity contribution in [3.05, 3.63) is 77.9 Å². The Balaban J connectivity index is 1.81. The molecule has 0 saturated heterocycles. The van der Waals surface area contributed by atoms with Crippen LogP contribution in [-0.2, 0) is 6.54 Å². The van der Waals surface area contributed by atoms with E-state index in [0.29, 0.717) is 6.54 Å². The van der Waals surface area contributed by atoms with Gasteiger partial charge in [-0.3, -0.25) is 4.99 Å². The van der Waals surface area contributed by atoms with Gasteiger partial charge in [0.1, 0.15) is 5.75 Å². The van der Waals surface area contributed by atoms with Gasteiger partial charge in [0.2, 0.25) is 0 Å². The van der Waals surface area contributed by atoms with Crippen LogP contribution < -0.4 is 0 Å². The molecule has 0 amide bonds. The van der Waals surface area contributed by atoms with Gasteiger partial charge in [-0.15, -0.1) is 0 Å². The highest BCUT2D eigenvalue weighted by molar-refractivity contribution is 5.86. The van der Waals surface area contributed by atoms with Crippen molar-refractivity contribution < 1.29 is 5.11 Å². The van der Waals surface area contributed by atoms with Gasteiger partial charge >= 0.3 is 0 Å². The second-order valence-corrected chi connectivity index (χ2v) is 4.70. The summed E-state index contributed by atoms with van der Waals surface area (Å²) in [7, 11) is 0. The second kappa shape index (κ2) is 5.57. The Morgan fingerprint density at radius 3 is 2.45 bits per heavy atom. The molecule has 0 saturated carbocycles. The Bertz CT molecular complexity index is 739. The average Bonchev–Trinajstić information content (AvgIpc) is 2.49. The minimum absolute atomic E-state index is 0.274. The lowest BCUT2D eigenvalue weighted by molar-refractivity contribution is 0.475. The van der Waals surface area contributed by atoms with Crippen LogP contribution in [0.15, 0.2) is 71.7 Å². The number of hydrogen-bond acceptors (Lipinski definition) is 2. The molecule has 0 aliphatic carbocycles. The highest BCUT2D eigenvalue weighted by Gasteiger charge is 1.98. The Hall–Kier alpha value is -2.61. The summed E-state index contributed by atoms with van der Waals surface area (Å²) < 4.78 is 0. The predicted molar refractivity (Wildman–Crippen MR) is 83.4 cm³/mol. The van der Waals surface area contributed by atoms with E-state index in [0.717, 1.165) is 5.56 Å². The van der Waals surface area contributed by atoms with Crippen LogP contribution in [0, 0.1) is 0 Å². The monoisotopic (exact) mass is 261 g/mol. The number of rotatable bonds is 3. The van der Waals surface area contributed by atoms with E-state index in [2.05, 4.69) is 41.4 Å². The molecule has 0 aliphatic rings. The van der Waals surface area contributed by atoms with Crippen molar-refractivity contribution in [1.82, 2.24) is 0 Å². The molecule has 0 heterocycles. The fourth-order valence-corrected chi connectivity index (χ4v) is 2.24. The number of phenols is 1. The predicted octanol–water partition coefficient (Wildman–Crippen LogP) is 4.16. The lowest BCUT2D eigenvalue weighted by Gasteiger charge is -2.03. The van der Waals surface area contributed by atoms with E-state index in [4.69, 9.17) is 0 Å². The summed E-state index contributed by atoms with van der Waals surface area (Å²) >= 11 is 0. The normalized spacial score (nSPS) is 11.2. The molecule has 0 radical (unpaired) electrons. The lowest BCUT2D eigenvalue weighted by Crippen LogP contribution is -1.86. The van der Waals surface area contributed by atoms with Crippen LogP contribution >= 0.6 is 0 Å². The summed E-state index contributed by atoms with van der Waals surface area (Å²) in [6.07, 6.45) is 1.83. The summed E-state index contributed by atoms with van der Waals surface area (Å²) in [6, 6.07) is 21.7. The van der Waals surface area contributed by atoms with Crippen molar-refractivity contribution in [1.29, 1.82) is 0 Å². The average molecular weight is 261 g/mol. The summed E-state index contributed by atoms with van der Waals surface area (Å²) in [6.45, 7) is 0.655. The van der Waals surface area contributed by atoms with E-state index in [1.54, 1.807) is 12.1 Å². The summed E-state index contributed by atoms with van der Waals surface area (Å²) in [5, 5.41) is 11.7. The van der Waals surface area contributed by atoms with Crippen LogP contribution in [0.2, 0.25) is 0 Å². The first-order chi connectivity index (χ1) is 9.83. The number of fused-ring (bicyclic) bond motifs is 1. The van der Waals surface area contributed by atoms with Gasteiger partial charge < -0.3 is 5.11 Å². The molecule has 3 aromatic rings. The maximum absolute atomic E-state index is 9.23. The van der Waals surface area contributed by atoms with Gasteiger partial charge in [-0.25, -0.2) is 0 Å². The van der Waals surface area contributed by atoms with E-state index in [-0.39, 0.29) is 5.75 Å². The van der Waals surface area contributed by atoms with Crippen LogP contribution in [0.3, 0.4) is 0 Å². The Labute approximate surface area is 118 Å². The van der Waals surface area contributed by atoms with Crippen molar-refractivity contribution >= 4 is 17.0 Å². The summed E-state index contributed by atoms with van der Waals surface area (Å²) in [4.78, 5) is 4.49. The van der Waals surface area contributed by atoms with E-state index in [9.17, 15) is 5.11 Å². The van der Waals surface area contributed by atoms with Gasteiger partial charge in [-0.1, -0.05) is 42.5 Å². The first kappa shape index (κ1) is 12.4. The number of nitrogens with zero attached hydrogens (tertiary/aromatic N) is 1. The zero-order valence-electron chi connectivity index (χ0n) is 11.0. The zero-order chi connectivity index (χ0) is 13.8. The molecule has 0 spiro atoms. The summed E-state index contributed by atoms with van der Waals surface area (Å²) in [5.74, 6) is 0.274. The van der Waals surface area contributed by atoms with E-state index >= 15 is 0 Å². The molecule has 2 nitrogen and oxygen atoms in total. The zero-order valence-corrected chi connectivity index (χ0v) is 11.0. The number of benzene rings is 3. The molecule has 0 aromatic heterocycles. The third-order valence-electron chi connectivity index (χ3n) is 3.28. The van der Waals surface area contributed by atoms with E-state index in [1.807, 2.05) is 24.4 Å². The molecule has 98 valence electrons. The molecular formula is C18H15NO. The van der Waals surface area contributed by atoms with Gasteiger partial charge in [-0.05, 0) is 46.2 Å². The summed E-state index contributed by atoms with van der Waals surface area (Å²) in [5.41, 5.74) is 2.21. The van der Waals surface area contributed by atoms with Crippen LogP contribution in [0.4, 0.5) is 0 Å². The smallest absolute Gasteiger partial charge is 0.115 e. The first-order valence-electron chi connectivity index (χ1n) is 6.58. The second-order valence-electron chi connectivity index (χ2n) is 4.70. The fraction of sp³-hybridized carbons (Fsp3) is 0.0556. The third kappa shape index (κ3) is 2.69. The van der Waals surface area contributed by atoms with Crippen LogP contribution in [-0.4, -0.2) is 11.3 Å². The van der Waals surface area contributed by atoms with Crippen LogP contribution in [0.5, 0.6) is 5.75 Å². The molecular weight excluding hydrogens is 246 g/mol. The van der Waals surface area contributed by atoms with Gasteiger partial charge in [0, 0.05) is 6.21 Å². The minimum Gasteiger partial charge on any atom is -0.508 e. The molecule has 3 aromatic carbocycles. The van der Waals surface area contributed by atoms with Gasteiger partial charge in [0.15, 0.2) is 0 Å². The van der Waals surface area contributed by atoms with Crippen LogP contribution in [0.1, 0.15) is 11.1 Å². The van der Waals surface area contributed by atoms with Crippen LogP contribution in [0.25, 0.3) is 10.8 Å². The number of phenolic OH excluding ortho intramolecular Hbond substituents is 1. The molecule has 20 heavy (non-hydrogen) atoms. The van der Waals surface area contributed by atoms with Gasteiger partial charge in [0.25, 0.3) is 0 Å². The Morgan fingerprint density at radius 1 is 0.850 bits per heavy atom. The van der Waals surface area contributed by atoms with E-state index in [1.165, 1.54) is 16.3 Å². The fourth-order valence-electron chi connectivity index (χ4n) is 2.24. The van der Waals surface area contributed by atoms with Crippen molar-refractivity contribution in [2.75, 3.05) is 0 Å². The quantitative estimate of drug-likeness (QED) is 0.705. The van der Waals surface area contributed by atoms with E-state index < -0.39 is 0 Å². The number of hydrogen-bond donors (Lipinski definition) is 1. The lowest BCUT2D eigenvalue weighted by atomic mass is 10.0. The highest BCUT2D eigenvalue weighted by Crippen LogP contribution is 2.19. The Kier molecular flexibility index (Phi) is 3.46. The van der Waals surface area contributed by atoms with Gasteiger partial charge in [0.05, 0.1) is 6.54 Å². The molecule has 0 fully saturated rings. The SMILES string of the molecule is Oc1ccc(C=NCc2cccc3ccccc23)cc1. The first-order valence-corrected chi connectivity index (χ1v) is 6.58.